The smallest absolute Gasteiger partial charge is 0.257 e. The maximum atomic E-state index is 11.9. The maximum absolute atomic E-state index is 11.9. The Morgan fingerprint density at radius 1 is 1.16 bits per heavy atom. The number of nitrogens with zero attached hydrogens (tertiary/aromatic N) is 1. The molecule has 3 rings (SSSR count). The third kappa shape index (κ3) is 5.16. The molecule has 0 radical (unpaired) electrons. The van der Waals surface area contributed by atoms with Crippen molar-refractivity contribution in [2.24, 2.45) is 0 Å². The third-order valence-electron chi connectivity index (χ3n) is 3.64. The summed E-state index contributed by atoms with van der Waals surface area (Å²) in [5.74, 6) is 0.585. The minimum absolute atomic E-state index is 0.0236. The standard InChI is InChI=1S/C20H20N2O2S/c1-15-6-5-9-18(12-15)24-13-19(23)21-11-10-17-14-25-20(22-17)16-7-3-2-4-8-16/h2-9,12,14H,10-11,13H2,1H3,(H,21,23). The second-order valence-corrected chi connectivity index (χ2v) is 6.57. The number of carbonyl (C=O) groups is 1. The Balaban J connectivity index is 1.42. The number of aryl methyl sites for hydroxylation is 1. The zero-order chi connectivity index (χ0) is 17.5. The molecule has 1 heterocycles. The van der Waals surface area contributed by atoms with Gasteiger partial charge in [0.25, 0.3) is 5.91 Å². The summed E-state index contributed by atoms with van der Waals surface area (Å²) in [6, 6.07) is 17.8. The topological polar surface area (TPSA) is 51.2 Å². The van der Waals surface area contributed by atoms with E-state index >= 15 is 0 Å². The second-order valence-electron chi connectivity index (χ2n) is 5.72. The van der Waals surface area contributed by atoms with Crippen LogP contribution >= 0.6 is 11.3 Å². The average molecular weight is 352 g/mol. The molecule has 1 amide bonds. The van der Waals surface area contributed by atoms with Crippen LogP contribution in [0.15, 0.2) is 60.0 Å². The molecule has 0 bridgehead atoms. The first-order valence-electron chi connectivity index (χ1n) is 8.17. The van der Waals surface area contributed by atoms with Crippen molar-refractivity contribution in [3.63, 3.8) is 0 Å². The van der Waals surface area contributed by atoms with Crippen LogP contribution in [-0.4, -0.2) is 24.0 Å². The van der Waals surface area contributed by atoms with Crippen LogP contribution in [0.3, 0.4) is 0 Å². The molecule has 128 valence electrons. The molecule has 0 aliphatic rings. The fourth-order valence-electron chi connectivity index (χ4n) is 2.37. The SMILES string of the molecule is Cc1cccc(OCC(=O)NCCc2csc(-c3ccccc3)n2)c1. The number of ether oxygens (including phenoxy) is 1. The molecule has 0 unspecified atom stereocenters. The summed E-state index contributed by atoms with van der Waals surface area (Å²) in [7, 11) is 0. The molecule has 1 N–H and O–H groups in total. The molecule has 0 spiro atoms. The number of nitrogens with one attached hydrogen (secondary N) is 1. The maximum Gasteiger partial charge on any atom is 0.257 e. The van der Waals surface area contributed by atoms with Gasteiger partial charge in [0.05, 0.1) is 5.69 Å². The van der Waals surface area contributed by atoms with Crippen molar-refractivity contribution in [2.45, 2.75) is 13.3 Å². The van der Waals surface area contributed by atoms with E-state index in [0.717, 1.165) is 21.8 Å². The van der Waals surface area contributed by atoms with Gasteiger partial charge in [0.2, 0.25) is 0 Å². The minimum Gasteiger partial charge on any atom is -0.484 e. The molecule has 5 heteroatoms. The molecule has 1 aromatic heterocycles. The molecule has 0 saturated heterocycles. The van der Waals surface area contributed by atoms with E-state index in [4.69, 9.17) is 4.74 Å². The highest BCUT2D eigenvalue weighted by molar-refractivity contribution is 7.13. The van der Waals surface area contributed by atoms with Crippen LogP contribution in [0.25, 0.3) is 10.6 Å². The first-order chi connectivity index (χ1) is 12.2. The molecule has 0 saturated carbocycles. The van der Waals surface area contributed by atoms with Gasteiger partial charge in [0.15, 0.2) is 6.61 Å². The van der Waals surface area contributed by atoms with Gasteiger partial charge in [-0.3, -0.25) is 4.79 Å². The lowest BCUT2D eigenvalue weighted by atomic mass is 10.2. The molecule has 0 aliphatic carbocycles. The van der Waals surface area contributed by atoms with E-state index in [9.17, 15) is 4.79 Å². The Morgan fingerprint density at radius 2 is 2.00 bits per heavy atom. The number of hydrogen-bond acceptors (Lipinski definition) is 4. The van der Waals surface area contributed by atoms with Crippen LogP contribution < -0.4 is 10.1 Å². The Hall–Kier alpha value is -2.66. The molecule has 25 heavy (non-hydrogen) atoms. The first-order valence-corrected chi connectivity index (χ1v) is 9.05. The second kappa shape index (κ2) is 8.44. The van der Waals surface area contributed by atoms with E-state index in [0.29, 0.717) is 18.7 Å². The fourth-order valence-corrected chi connectivity index (χ4v) is 3.23. The van der Waals surface area contributed by atoms with Crippen LogP contribution in [-0.2, 0) is 11.2 Å². The van der Waals surface area contributed by atoms with Gasteiger partial charge in [0, 0.05) is 23.9 Å². The summed E-state index contributed by atoms with van der Waals surface area (Å²) in [4.78, 5) is 16.5. The number of hydrogen-bond donors (Lipinski definition) is 1. The number of thiazole rings is 1. The molecule has 4 nitrogen and oxygen atoms in total. The average Bonchev–Trinajstić information content (AvgIpc) is 3.10. The zero-order valence-electron chi connectivity index (χ0n) is 14.1. The summed E-state index contributed by atoms with van der Waals surface area (Å²) in [6.07, 6.45) is 0.708. The molecule has 0 atom stereocenters. The number of amides is 1. The number of rotatable bonds is 7. The van der Waals surface area contributed by atoms with E-state index in [1.807, 2.05) is 66.9 Å². The van der Waals surface area contributed by atoms with E-state index in [1.54, 1.807) is 11.3 Å². The van der Waals surface area contributed by atoms with Gasteiger partial charge < -0.3 is 10.1 Å². The summed E-state index contributed by atoms with van der Waals surface area (Å²) in [6.45, 7) is 2.56. The fraction of sp³-hybridized carbons (Fsp3) is 0.200. The van der Waals surface area contributed by atoms with E-state index in [2.05, 4.69) is 10.3 Å². The van der Waals surface area contributed by atoms with E-state index < -0.39 is 0 Å². The predicted octanol–water partition coefficient (Wildman–Crippen LogP) is 3.86. The molecule has 0 fully saturated rings. The summed E-state index contributed by atoms with van der Waals surface area (Å²) in [5.41, 5.74) is 3.22. The van der Waals surface area contributed by atoms with Crippen molar-refractivity contribution in [2.75, 3.05) is 13.2 Å². The molecular formula is C20H20N2O2S. The van der Waals surface area contributed by atoms with E-state index in [1.165, 1.54) is 0 Å². The Kier molecular flexibility index (Phi) is 5.80. The lowest BCUT2D eigenvalue weighted by Crippen LogP contribution is -2.30. The van der Waals surface area contributed by atoms with Gasteiger partial charge in [-0.1, -0.05) is 42.5 Å². The highest BCUT2D eigenvalue weighted by Gasteiger charge is 2.06. The molecule has 2 aromatic carbocycles. The molecule has 3 aromatic rings. The van der Waals surface area contributed by atoms with Crippen molar-refractivity contribution in [3.8, 4) is 16.3 Å². The highest BCUT2D eigenvalue weighted by Crippen LogP contribution is 2.23. The van der Waals surface area contributed by atoms with Crippen LogP contribution in [0.2, 0.25) is 0 Å². The highest BCUT2D eigenvalue weighted by atomic mass is 32.1. The Bertz CT molecular complexity index is 830. The predicted molar refractivity (Wildman–Crippen MR) is 101 cm³/mol. The Labute approximate surface area is 151 Å². The van der Waals surface area contributed by atoms with Gasteiger partial charge in [-0.15, -0.1) is 11.3 Å². The van der Waals surface area contributed by atoms with Crippen molar-refractivity contribution in [1.29, 1.82) is 0 Å². The zero-order valence-corrected chi connectivity index (χ0v) is 14.9. The largest absolute Gasteiger partial charge is 0.484 e. The van der Waals surface area contributed by atoms with Gasteiger partial charge in [0.1, 0.15) is 10.8 Å². The lowest BCUT2D eigenvalue weighted by molar-refractivity contribution is -0.123. The van der Waals surface area contributed by atoms with Gasteiger partial charge in [-0.2, -0.15) is 0 Å². The number of carbonyl (C=O) groups excluding carboxylic acids is 1. The van der Waals surface area contributed by atoms with Crippen LogP contribution in [0.5, 0.6) is 5.75 Å². The van der Waals surface area contributed by atoms with Gasteiger partial charge >= 0.3 is 0 Å². The van der Waals surface area contributed by atoms with E-state index in [-0.39, 0.29) is 12.5 Å². The quantitative estimate of drug-likeness (QED) is 0.702. The third-order valence-corrected chi connectivity index (χ3v) is 4.58. The number of benzene rings is 2. The van der Waals surface area contributed by atoms with Crippen molar-refractivity contribution >= 4 is 17.2 Å². The Morgan fingerprint density at radius 3 is 2.80 bits per heavy atom. The normalized spacial score (nSPS) is 10.4. The van der Waals surface area contributed by atoms with Crippen molar-refractivity contribution in [1.82, 2.24) is 10.3 Å². The summed E-state index contributed by atoms with van der Waals surface area (Å²) >= 11 is 1.62. The number of aromatic nitrogens is 1. The van der Waals surface area contributed by atoms with Crippen molar-refractivity contribution in [3.05, 3.63) is 71.2 Å². The van der Waals surface area contributed by atoms with Gasteiger partial charge in [-0.05, 0) is 24.6 Å². The van der Waals surface area contributed by atoms with Crippen LogP contribution in [0, 0.1) is 6.92 Å². The van der Waals surface area contributed by atoms with Crippen molar-refractivity contribution < 1.29 is 9.53 Å². The van der Waals surface area contributed by atoms with Crippen LogP contribution in [0.1, 0.15) is 11.3 Å². The van der Waals surface area contributed by atoms with Gasteiger partial charge in [-0.25, -0.2) is 4.98 Å². The first kappa shape index (κ1) is 17.2. The lowest BCUT2D eigenvalue weighted by Gasteiger charge is -2.07. The summed E-state index contributed by atoms with van der Waals surface area (Å²) < 4.78 is 5.49. The minimum atomic E-state index is -0.125. The molecule has 0 aliphatic heterocycles. The monoisotopic (exact) mass is 352 g/mol. The summed E-state index contributed by atoms with van der Waals surface area (Å²) in [5, 5.41) is 5.91. The molecular weight excluding hydrogens is 332 g/mol. The van der Waals surface area contributed by atoms with Crippen LogP contribution in [0.4, 0.5) is 0 Å².